The van der Waals surface area contributed by atoms with Crippen LogP contribution in [-0.2, 0) is 0 Å². The number of alkyl halides is 2. The number of nitro benzene ring substituents is 1. The van der Waals surface area contributed by atoms with Gasteiger partial charge in [-0.25, -0.2) is 0 Å². The first-order chi connectivity index (χ1) is 8.01. The third-order valence-corrected chi connectivity index (χ3v) is 1.96. The number of hydrogen-bond donors (Lipinski definition) is 0. The molecule has 0 saturated heterocycles. The molecule has 7 heteroatoms. The van der Waals surface area contributed by atoms with Gasteiger partial charge in [-0.1, -0.05) is 12.7 Å². The van der Waals surface area contributed by atoms with Crippen molar-refractivity contribution < 1.29 is 23.2 Å². The summed E-state index contributed by atoms with van der Waals surface area (Å²) in [6.45, 7) is 0.183. The molecular formula is C10H9F2NO4. The highest BCUT2D eigenvalue weighted by molar-refractivity contribution is 5.69. The number of benzene rings is 1. The molecule has 0 radical (unpaired) electrons. The van der Waals surface area contributed by atoms with Crippen LogP contribution >= 0.6 is 0 Å². The SMILES string of the molecule is C=Cc1ccc(OC)c(OC(F)F)c1[N+](=O)[O-]. The van der Waals surface area contributed by atoms with Crippen LogP contribution in [0.3, 0.4) is 0 Å². The summed E-state index contributed by atoms with van der Waals surface area (Å²) in [5, 5.41) is 10.8. The van der Waals surface area contributed by atoms with Crippen LogP contribution in [0, 0.1) is 10.1 Å². The Kier molecular flexibility index (Phi) is 3.97. The standard InChI is InChI=1S/C10H9F2NO4/c1-3-6-4-5-7(16-2)9(17-10(11)12)8(6)13(14)15/h3-5,10H,1H2,2H3. The molecule has 0 spiro atoms. The lowest BCUT2D eigenvalue weighted by atomic mass is 10.1. The van der Waals surface area contributed by atoms with Crippen molar-refractivity contribution in [3.8, 4) is 11.5 Å². The van der Waals surface area contributed by atoms with Gasteiger partial charge in [0.05, 0.1) is 17.6 Å². The van der Waals surface area contributed by atoms with Crippen molar-refractivity contribution in [1.29, 1.82) is 0 Å². The van der Waals surface area contributed by atoms with E-state index in [1.165, 1.54) is 25.3 Å². The van der Waals surface area contributed by atoms with Gasteiger partial charge in [-0.3, -0.25) is 10.1 Å². The molecule has 0 atom stereocenters. The molecular weight excluding hydrogens is 236 g/mol. The van der Waals surface area contributed by atoms with Gasteiger partial charge in [-0.05, 0) is 12.1 Å². The molecule has 17 heavy (non-hydrogen) atoms. The van der Waals surface area contributed by atoms with Crippen LogP contribution < -0.4 is 9.47 Å². The minimum absolute atomic E-state index is 0.0754. The van der Waals surface area contributed by atoms with Crippen LogP contribution in [0.4, 0.5) is 14.5 Å². The van der Waals surface area contributed by atoms with E-state index in [0.29, 0.717) is 0 Å². The summed E-state index contributed by atoms with van der Waals surface area (Å²) in [5.41, 5.74) is -0.522. The van der Waals surface area contributed by atoms with Crippen molar-refractivity contribution >= 4 is 11.8 Å². The summed E-state index contributed by atoms with van der Waals surface area (Å²) in [5.74, 6) is -0.743. The molecule has 0 bridgehead atoms. The van der Waals surface area contributed by atoms with Gasteiger partial charge in [0.2, 0.25) is 5.75 Å². The van der Waals surface area contributed by atoms with Crippen molar-refractivity contribution in [2.45, 2.75) is 6.61 Å². The Morgan fingerprint density at radius 3 is 2.59 bits per heavy atom. The Bertz CT molecular complexity index is 448. The number of rotatable bonds is 5. The van der Waals surface area contributed by atoms with Crippen molar-refractivity contribution in [1.82, 2.24) is 0 Å². The third kappa shape index (κ3) is 2.68. The molecule has 92 valence electrons. The van der Waals surface area contributed by atoms with E-state index < -0.39 is 23.0 Å². The zero-order chi connectivity index (χ0) is 13.0. The van der Waals surface area contributed by atoms with Gasteiger partial charge >= 0.3 is 12.3 Å². The molecule has 1 aromatic carbocycles. The van der Waals surface area contributed by atoms with Crippen molar-refractivity contribution in [2.24, 2.45) is 0 Å². The van der Waals surface area contributed by atoms with E-state index in [9.17, 15) is 18.9 Å². The summed E-state index contributed by atoms with van der Waals surface area (Å²) in [4.78, 5) is 10.0. The summed E-state index contributed by atoms with van der Waals surface area (Å²) < 4.78 is 33.2. The molecule has 1 aromatic rings. The number of halogens is 2. The molecule has 0 aliphatic heterocycles. The minimum atomic E-state index is -3.18. The van der Waals surface area contributed by atoms with Crippen LogP contribution in [0.25, 0.3) is 6.08 Å². The fraction of sp³-hybridized carbons (Fsp3) is 0.200. The van der Waals surface area contributed by atoms with Gasteiger partial charge in [-0.15, -0.1) is 0 Å². The van der Waals surface area contributed by atoms with Crippen LogP contribution in [0.1, 0.15) is 5.56 Å². The highest BCUT2D eigenvalue weighted by Gasteiger charge is 2.26. The van der Waals surface area contributed by atoms with Crippen LogP contribution in [0.5, 0.6) is 11.5 Å². The lowest BCUT2D eigenvalue weighted by molar-refractivity contribution is -0.386. The van der Waals surface area contributed by atoms with E-state index >= 15 is 0 Å². The van der Waals surface area contributed by atoms with Gasteiger partial charge < -0.3 is 9.47 Å². The lowest BCUT2D eigenvalue weighted by Crippen LogP contribution is -2.07. The third-order valence-electron chi connectivity index (χ3n) is 1.96. The number of methoxy groups -OCH3 is 1. The number of nitro groups is 1. The van der Waals surface area contributed by atoms with Crippen molar-refractivity contribution in [3.05, 3.63) is 34.4 Å². The van der Waals surface area contributed by atoms with Gasteiger partial charge in [0.25, 0.3) is 0 Å². The molecule has 0 heterocycles. The molecule has 0 aliphatic rings. The summed E-state index contributed by atoms with van der Waals surface area (Å²) >= 11 is 0. The first-order valence-corrected chi connectivity index (χ1v) is 4.43. The van der Waals surface area contributed by atoms with E-state index in [1.54, 1.807) is 0 Å². The second-order valence-electron chi connectivity index (χ2n) is 2.87. The second kappa shape index (κ2) is 5.24. The van der Waals surface area contributed by atoms with E-state index in [-0.39, 0.29) is 11.3 Å². The molecule has 0 N–H and O–H groups in total. The molecule has 0 saturated carbocycles. The van der Waals surface area contributed by atoms with Gasteiger partial charge in [0.1, 0.15) is 0 Å². The molecule has 0 fully saturated rings. The maximum Gasteiger partial charge on any atom is 0.387 e. The maximum absolute atomic E-state index is 12.2. The Morgan fingerprint density at radius 1 is 1.53 bits per heavy atom. The summed E-state index contributed by atoms with van der Waals surface area (Å²) in [7, 11) is 1.20. The van der Waals surface area contributed by atoms with Crippen LogP contribution in [0.15, 0.2) is 18.7 Å². The molecule has 1 rings (SSSR count). The van der Waals surface area contributed by atoms with Crippen molar-refractivity contribution in [2.75, 3.05) is 7.11 Å². The van der Waals surface area contributed by atoms with Crippen molar-refractivity contribution in [3.63, 3.8) is 0 Å². The molecule has 0 amide bonds. The van der Waals surface area contributed by atoms with Gasteiger partial charge in [0, 0.05) is 0 Å². The highest BCUT2D eigenvalue weighted by atomic mass is 19.3. The first-order valence-electron chi connectivity index (χ1n) is 4.43. The van der Waals surface area contributed by atoms with E-state index in [1.807, 2.05) is 0 Å². The van der Waals surface area contributed by atoms with E-state index in [2.05, 4.69) is 11.3 Å². The minimum Gasteiger partial charge on any atom is -0.493 e. The quantitative estimate of drug-likeness (QED) is 0.591. The monoisotopic (exact) mass is 245 g/mol. The highest BCUT2D eigenvalue weighted by Crippen LogP contribution is 2.40. The molecule has 0 aliphatic carbocycles. The normalized spacial score (nSPS) is 10.1. The number of nitrogens with zero attached hydrogens (tertiary/aromatic N) is 1. The Hall–Kier alpha value is -2.18. The van der Waals surface area contributed by atoms with E-state index in [0.717, 1.165) is 0 Å². The predicted octanol–water partition coefficient (Wildman–Crippen LogP) is 2.85. The number of hydrogen-bond acceptors (Lipinski definition) is 4. The second-order valence-corrected chi connectivity index (χ2v) is 2.87. The maximum atomic E-state index is 12.2. The topological polar surface area (TPSA) is 61.6 Å². The van der Waals surface area contributed by atoms with Gasteiger partial charge in [0.15, 0.2) is 5.75 Å². The summed E-state index contributed by atoms with van der Waals surface area (Å²) in [6, 6.07) is 2.63. The predicted molar refractivity (Wildman–Crippen MR) is 56.4 cm³/mol. The first kappa shape index (κ1) is 12.9. The summed E-state index contributed by atoms with van der Waals surface area (Å²) in [6.07, 6.45) is 1.18. The fourth-order valence-corrected chi connectivity index (χ4v) is 1.28. The Balaban J connectivity index is 3.46. The van der Waals surface area contributed by atoms with Crippen LogP contribution in [0.2, 0.25) is 0 Å². The van der Waals surface area contributed by atoms with Gasteiger partial charge in [-0.2, -0.15) is 8.78 Å². The average molecular weight is 245 g/mol. The largest absolute Gasteiger partial charge is 0.493 e. The average Bonchev–Trinajstić information content (AvgIpc) is 2.27. The fourth-order valence-electron chi connectivity index (χ4n) is 1.28. The number of ether oxygens (including phenoxy) is 2. The molecule has 5 nitrogen and oxygen atoms in total. The lowest BCUT2D eigenvalue weighted by Gasteiger charge is -2.11. The molecule has 0 aromatic heterocycles. The van der Waals surface area contributed by atoms with Crippen LogP contribution in [-0.4, -0.2) is 18.6 Å². The Morgan fingerprint density at radius 2 is 2.18 bits per heavy atom. The van der Waals surface area contributed by atoms with E-state index in [4.69, 9.17) is 4.74 Å². The molecule has 0 unspecified atom stereocenters. The Labute approximate surface area is 95.4 Å². The smallest absolute Gasteiger partial charge is 0.387 e. The zero-order valence-corrected chi connectivity index (χ0v) is 8.85. The zero-order valence-electron chi connectivity index (χ0n) is 8.85.